The van der Waals surface area contributed by atoms with Crippen LogP contribution in [0.1, 0.15) is 18.5 Å². The van der Waals surface area contributed by atoms with E-state index in [0.717, 1.165) is 0 Å². The molecule has 1 heterocycles. The number of ether oxygens (including phenoxy) is 2. The Morgan fingerprint density at radius 2 is 1.92 bits per heavy atom. The number of hydrogen-bond donors (Lipinski definition) is 3. The number of alkyl halides is 3. The minimum Gasteiger partial charge on any atom is -0.497 e. The van der Waals surface area contributed by atoms with Gasteiger partial charge in [-0.05, 0) is 24.6 Å². The highest BCUT2D eigenvalue weighted by molar-refractivity contribution is 6.68. The molecule has 1 aromatic rings. The van der Waals surface area contributed by atoms with Crippen molar-refractivity contribution in [3.05, 3.63) is 29.8 Å². The molecule has 0 radical (unpaired) electrons. The summed E-state index contributed by atoms with van der Waals surface area (Å²) in [5, 5.41) is 15.6. The SMILES string of the molecule is CCOC(=O)[C@@H]1[C@@H](c2ccc(OC)cc2)NC(=O)N[C@@]1(O)C(Cl)(Cl)Cl. The molecule has 1 saturated heterocycles. The quantitative estimate of drug-likeness (QED) is 0.522. The molecule has 0 saturated carbocycles. The number of carbonyl (C=O) groups excluding carboxylic acids is 2. The van der Waals surface area contributed by atoms with Crippen LogP contribution in [-0.2, 0) is 9.53 Å². The Balaban J connectivity index is 2.53. The van der Waals surface area contributed by atoms with E-state index in [1.54, 1.807) is 31.2 Å². The summed E-state index contributed by atoms with van der Waals surface area (Å²) in [6.45, 7) is 1.65. The average molecular weight is 412 g/mol. The lowest BCUT2D eigenvalue weighted by molar-refractivity contribution is -0.164. The highest BCUT2D eigenvalue weighted by Crippen LogP contribution is 2.47. The minimum absolute atomic E-state index is 0.0501. The minimum atomic E-state index is -2.48. The summed E-state index contributed by atoms with van der Waals surface area (Å²) >= 11 is 17.6. The second-order valence-electron chi connectivity index (χ2n) is 5.34. The normalized spacial score (nSPS) is 26.4. The van der Waals surface area contributed by atoms with E-state index in [2.05, 4.69) is 10.6 Å². The number of benzene rings is 1. The van der Waals surface area contributed by atoms with Crippen molar-refractivity contribution in [2.75, 3.05) is 13.7 Å². The van der Waals surface area contributed by atoms with Crippen molar-refractivity contribution in [2.45, 2.75) is 22.5 Å². The number of halogens is 3. The van der Waals surface area contributed by atoms with Crippen LogP contribution in [0.2, 0.25) is 0 Å². The van der Waals surface area contributed by atoms with Gasteiger partial charge in [0.2, 0.25) is 9.52 Å². The van der Waals surface area contributed by atoms with E-state index in [-0.39, 0.29) is 6.61 Å². The number of aliphatic hydroxyl groups is 1. The summed E-state index contributed by atoms with van der Waals surface area (Å²) in [6, 6.07) is 4.75. The smallest absolute Gasteiger partial charge is 0.317 e. The lowest BCUT2D eigenvalue weighted by atomic mass is 9.83. The number of nitrogens with one attached hydrogen (secondary N) is 2. The van der Waals surface area contributed by atoms with E-state index in [4.69, 9.17) is 44.3 Å². The lowest BCUT2D eigenvalue weighted by Crippen LogP contribution is -2.72. The van der Waals surface area contributed by atoms with Gasteiger partial charge in [0, 0.05) is 0 Å². The van der Waals surface area contributed by atoms with Gasteiger partial charge in [0.05, 0.1) is 19.8 Å². The molecule has 1 aromatic carbocycles. The first-order chi connectivity index (χ1) is 11.6. The molecule has 3 atom stereocenters. The Morgan fingerprint density at radius 1 is 1.32 bits per heavy atom. The molecule has 7 nitrogen and oxygen atoms in total. The molecule has 2 amide bonds. The highest BCUT2D eigenvalue weighted by Gasteiger charge is 2.62. The van der Waals surface area contributed by atoms with Crippen LogP contribution in [0.4, 0.5) is 4.79 Å². The molecule has 10 heteroatoms. The van der Waals surface area contributed by atoms with Crippen molar-refractivity contribution in [1.29, 1.82) is 0 Å². The van der Waals surface area contributed by atoms with Crippen LogP contribution in [0.15, 0.2) is 24.3 Å². The van der Waals surface area contributed by atoms with Crippen molar-refractivity contribution in [3.8, 4) is 5.75 Å². The lowest BCUT2D eigenvalue weighted by Gasteiger charge is -2.46. The number of esters is 1. The van der Waals surface area contributed by atoms with Gasteiger partial charge in [-0.2, -0.15) is 0 Å². The molecule has 0 bridgehead atoms. The number of methoxy groups -OCH3 is 1. The Kier molecular flexibility index (Phi) is 5.93. The molecule has 1 fully saturated rings. The summed E-state index contributed by atoms with van der Waals surface area (Å²) in [7, 11) is 1.50. The maximum Gasteiger partial charge on any atom is 0.317 e. The van der Waals surface area contributed by atoms with E-state index >= 15 is 0 Å². The predicted molar refractivity (Wildman–Crippen MR) is 92.8 cm³/mol. The van der Waals surface area contributed by atoms with Gasteiger partial charge in [0.1, 0.15) is 11.7 Å². The third-order valence-electron chi connectivity index (χ3n) is 3.82. The predicted octanol–water partition coefficient (Wildman–Crippen LogP) is 2.29. The number of amides is 2. The second kappa shape index (κ2) is 7.45. The molecule has 25 heavy (non-hydrogen) atoms. The average Bonchev–Trinajstić information content (AvgIpc) is 2.53. The molecule has 1 aliphatic rings. The van der Waals surface area contributed by atoms with Gasteiger partial charge in [0.25, 0.3) is 0 Å². The van der Waals surface area contributed by atoms with Gasteiger partial charge < -0.3 is 25.2 Å². The van der Waals surface area contributed by atoms with Crippen LogP contribution in [-0.4, -0.2) is 40.3 Å². The zero-order valence-electron chi connectivity index (χ0n) is 13.4. The van der Waals surface area contributed by atoms with Crippen LogP contribution in [0.25, 0.3) is 0 Å². The first kappa shape index (κ1) is 19.9. The van der Waals surface area contributed by atoms with E-state index in [9.17, 15) is 14.7 Å². The van der Waals surface area contributed by atoms with Crippen molar-refractivity contribution >= 4 is 46.8 Å². The van der Waals surface area contributed by atoms with Gasteiger partial charge in [-0.1, -0.05) is 46.9 Å². The maximum absolute atomic E-state index is 12.5. The Labute approximate surface area is 159 Å². The number of urea groups is 1. The summed E-state index contributed by atoms with van der Waals surface area (Å²) in [6.07, 6.45) is 0. The van der Waals surface area contributed by atoms with Crippen LogP contribution >= 0.6 is 34.8 Å². The fourth-order valence-corrected chi connectivity index (χ4v) is 3.12. The van der Waals surface area contributed by atoms with Crippen LogP contribution in [0.3, 0.4) is 0 Å². The Hall–Kier alpha value is -1.41. The molecule has 1 aliphatic heterocycles. The van der Waals surface area contributed by atoms with Gasteiger partial charge in [-0.3, -0.25) is 4.79 Å². The molecule has 2 rings (SSSR count). The zero-order valence-corrected chi connectivity index (χ0v) is 15.7. The summed E-state index contributed by atoms with van der Waals surface area (Å²) in [5.74, 6) is -1.66. The topological polar surface area (TPSA) is 96.9 Å². The second-order valence-corrected chi connectivity index (χ2v) is 7.62. The number of hydrogen-bond acceptors (Lipinski definition) is 5. The molecule has 0 unspecified atom stereocenters. The molecule has 0 aliphatic carbocycles. The van der Waals surface area contributed by atoms with Crippen molar-refractivity contribution in [3.63, 3.8) is 0 Å². The molecule has 0 aromatic heterocycles. The van der Waals surface area contributed by atoms with Crippen molar-refractivity contribution in [1.82, 2.24) is 10.6 Å². The number of carbonyl (C=O) groups is 2. The monoisotopic (exact) mass is 410 g/mol. The third kappa shape index (κ3) is 3.89. The standard InChI is InChI=1S/C15H17Cl3N2O5/c1-3-25-12(21)10-11(8-4-6-9(24-2)7-5-8)19-13(22)20-14(10,23)15(16,17)18/h4-7,10-11,23H,3H2,1-2H3,(H2,19,20,22)/t10-,11+,14-/m0/s1. The largest absolute Gasteiger partial charge is 0.497 e. The summed E-state index contributed by atoms with van der Waals surface area (Å²) < 4.78 is 7.71. The van der Waals surface area contributed by atoms with E-state index in [1.807, 2.05) is 0 Å². The van der Waals surface area contributed by atoms with E-state index < -0.39 is 33.5 Å². The third-order valence-corrected chi connectivity index (χ3v) is 4.69. The maximum atomic E-state index is 12.5. The molecular formula is C15H17Cl3N2O5. The molecule has 3 N–H and O–H groups in total. The fourth-order valence-electron chi connectivity index (χ4n) is 2.63. The van der Waals surface area contributed by atoms with Crippen LogP contribution in [0.5, 0.6) is 5.75 Å². The van der Waals surface area contributed by atoms with E-state index in [0.29, 0.717) is 11.3 Å². The molecular weight excluding hydrogens is 395 g/mol. The van der Waals surface area contributed by atoms with E-state index in [1.165, 1.54) is 7.11 Å². The zero-order chi connectivity index (χ0) is 18.8. The van der Waals surface area contributed by atoms with Gasteiger partial charge >= 0.3 is 12.0 Å². The van der Waals surface area contributed by atoms with Crippen LogP contribution < -0.4 is 15.4 Å². The van der Waals surface area contributed by atoms with Gasteiger partial charge in [-0.15, -0.1) is 0 Å². The fraction of sp³-hybridized carbons (Fsp3) is 0.467. The highest BCUT2D eigenvalue weighted by atomic mass is 35.6. The van der Waals surface area contributed by atoms with Crippen molar-refractivity contribution < 1.29 is 24.2 Å². The summed E-state index contributed by atoms with van der Waals surface area (Å²) in [5.41, 5.74) is -1.97. The van der Waals surface area contributed by atoms with Gasteiger partial charge in [-0.25, -0.2) is 4.79 Å². The Bertz CT molecular complexity index is 650. The molecule has 0 spiro atoms. The van der Waals surface area contributed by atoms with Crippen molar-refractivity contribution in [2.24, 2.45) is 5.92 Å². The molecule has 138 valence electrons. The summed E-state index contributed by atoms with van der Waals surface area (Å²) in [4.78, 5) is 24.5. The Morgan fingerprint density at radius 3 is 2.40 bits per heavy atom. The first-order valence-electron chi connectivity index (χ1n) is 7.32. The van der Waals surface area contributed by atoms with Gasteiger partial charge in [0.15, 0.2) is 0 Å². The van der Waals surface area contributed by atoms with Crippen LogP contribution in [0, 0.1) is 5.92 Å². The number of rotatable bonds is 4. The first-order valence-corrected chi connectivity index (χ1v) is 8.45.